The number of nitrogens with zero attached hydrogens (tertiary/aromatic N) is 2. The lowest BCUT2D eigenvalue weighted by molar-refractivity contribution is 0.0999. The Labute approximate surface area is 100 Å². The van der Waals surface area contributed by atoms with Crippen molar-refractivity contribution in [3.8, 4) is 0 Å². The molecule has 5 heteroatoms. The molecule has 1 N–H and O–H groups in total. The Balaban J connectivity index is 2.13. The normalized spacial score (nSPS) is 17.8. The molecule has 0 atom stereocenters. The molecule has 94 valence electrons. The van der Waals surface area contributed by atoms with Gasteiger partial charge in [-0.05, 0) is 33.1 Å². The third-order valence-corrected chi connectivity index (χ3v) is 3.80. The highest BCUT2D eigenvalue weighted by Gasteiger charge is 2.50. The van der Waals surface area contributed by atoms with Gasteiger partial charge >= 0.3 is 6.09 Å². The molecule has 1 saturated carbocycles. The van der Waals surface area contributed by atoms with Gasteiger partial charge in [-0.1, -0.05) is 0 Å². The van der Waals surface area contributed by atoms with Gasteiger partial charge in [0.05, 0.1) is 5.69 Å². The second-order valence-corrected chi connectivity index (χ2v) is 5.48. The van der Waals surface area contributed by atoms with Crippen molar-refractivity contribution >= 4 is 6.09 Å². The number of hydrogen-bond donors (Lipinski definition) is 1. The Morgan fingerprint density at radius 3 is 2.71 bits per heavy atom. The summed E-state index contributed by atoms with van der Waals surface area (Å²) in [5, 5.41) is 9.06. The number of amides is 1. The molecular weight excluding hydrogens is 220 g/mol. The fourth-order valence-corrected chi connectivity index (χ4v) is 2.35. The Bertz CT molecular complexity index is 407. The number of hydrogen-bond acceptors (Lipinski definition) is 3. The van der Waals surface area contributed by atoms with Crippen LogP contribution in [-0.2, 0) is 5.41 Å². The second kappa shape index (κ2) is 3.75. The van der Waals surface area contributed by atoms with Gasteiger partial charge in [-0.15, -0.1) is 0 Å². The van der Waals surface area contributed by atoms with Crippen molar-refractivity contribution in [2.75, 3.05) is 7.05 Å². The van der Waals surface area contributed by atoms with Gasteiger partial charge in [0, 0.05) is 18.0 Å². The predicted molar refractivity (Wildman–Crippen MR) is 61.9 cm³/mol. The molecular formula is C12H18N2O3. The van der Waals surface area contributed by atoms with E-state index in [4.69, 9.17) is 9.52 Å². The van der Waals surface area contributed by atoms with Crippen LogP contribution in [0.1, 0.15) is 38.8 Å². The number of rotatable bonds is 4. The summed E-state index contributed by atoms with van der Waals surface area (Å²) in [5.41, 5.74) is 0.561. The smallest absolute Gasteiger partial charge is 0.407 e. The molecule has 5 nitrogen and oxygen atoms in total. The van der Waals surface area contributed by atoms with Crippen molar-refractivity contribution in [2.24, 2.45) is 0 Å². The van der Waals surface area contributed by atoms with Gasteiger partial charge in [0.25, 0.3) is 0 Å². The quantitative estimate of drug-likeness (QED) is 0.875. The standard InChI is InChI=1S/C12H18N2O3/c1-11(2,14(3)10(15)16)7-12(4-5-12)9-6-17-8-13-9/h6,8H,4-5,7H2,1-3H3,(H,15,16). The number of carboxylic acid groups (broad SMARTS) is 1. The molecule has 0 spiro atoms. The Morgan fingerprint density at radius 1 is 1.65 bits per heavy atom. The van der Waals surface area contributed by atoms with Crippen LogP contribution in [0.4, 0.5) is 4.79 Å². The third-order valence-electron chi connectivity index (χ3n) is 3.80. The largest absolute Gasteiger partial charge is 0.465 e. The second-order valence-electron chi connectivity index (χ2n) is 5.48. The maximum absolute atomic E-state index is 11.0. The first-order valence-electron chi connectivity index (χ1n) is 5.73. The molecule has 0 aromatic carbocycles. The van der Waals surface area contributed by atoms with Gasteiger partial charge in [-0.25, -0.2) is 9.78 Å². The SMILES string of the molecule is CN(C(=O)O)C(C)(C)CC1(c2cocn2)CC1. The molecule has 1 aliphatic rings. The molecule has 1 aromatic rings. The lowest BCUT2D eigenvalue weighted by Crippen LogP contribution is -2.46. The lowest BCUT2D eigenvalue weighted by atomic mass is 9.85. The highest BCUT2D eigenvalue weighted by Crippen LogP contribution is 2.53. The van der Waals surface area contributed by atoms with Crippen LogP contribution in [0.25, 0.3) is 0 Å². The van der Waals surface area contributed by atoms with Gasteiger partial charge in [-0.3, -0.25) is 0 Å². The molecule has 0 radical (unpaired) electrons. The van der Waals surface area contributed by atoms with Crippen LogP contribution in [0.3, 0.4) is 0 Å². The van der Waals surface area contributed by atoms with Crippen LogP contribution < -0.4 is 0 Å². The van der Waals surface area contributed by atoms with E-state index in [1.54, 1.807) is 13.3 Å². The highest BCUT2D eigenvalue weighted by molar-refractivity contribution is 5.65. The summed E-state index contributed by atoms with van der Waals surface area (Å²) in [6, 6.07) is 0. The molecule has 0 unspecified atom stereocenters. The number of carbonyl (C=O) groups is 1. The molecule has 1 amide bonds. The van der Waals surface area contributed by atoms with E-state index >= 15 is 0 Å². The van der Waals surface area contributed by atoms with E-state index in [0.29, 0.717) is 0 Å². The Hall–Kier alpha value is -1.52. The number of oxazole rings is 1. The van der Waals surface area contributed by atoms with Crippen LogP contribution in [0, 0.1) is 0 Å². The minimum absolute atomic E-state index is 0.0141. The monoisotopic (exact) mass is 238 g/mol. The van der Waals surface area contributed by atoms with Crippen molar-refractivity contribution in [1.29, 1.82) is 0 Å². The molecule has 1 aliphatic carbocycles. The van der Waals surface area contributed by atoms with Gasteiger partial charge in [-0.2, -0.15) is 0 Å². The van der Waals surface area contributed by atoms with E-state index < -0.39 is 11.6 Å². The Kier molecular flexibility index (Phi) is 2.64. The van der Waals surface area contributed by atoms with Gasteiger partial charge in [0.2, 0.25) is 0 Å². The molecule has 1 aromatic heterocycles. The molecule has 17 heavy (non-hydrogen) atoms. The van der Waals surface area contributed by atoms with Gasteiger partial charge in [0.1, 0.15) is 6.26 Å². The topological polar surface area (TPSA) is 66.6 Å². The fourth-order valence-electron chi connectivity index (χ4n) is 2.35. The number of aromatic nitrogens is 1. The first kappa shape index (κ1) is 12.0. The van der Waals surface area contributed by atoms with Gasteiger partial charge in [0.15, 0.2) is 6.39 Å². The minimum atomic E-state index is -0.897. The van der Waals surface area contributed by atoms with Crippen LogP contribution in [0.15, 0.2) is 17.1 Å². The van der Waals surface area contributed by atoms with Crippen molar-refractivity contribution in [3.05, 3.63) is 18.4 Å². The summed E-state index contributed by atoms with van der Waals surface area (Å²) in [7, 11) is 1.61. The van der Waals surface area contributed by atoms with E-state index in [2.05, 4.69) is 4.98 Å². The average molecular weight is 238 g/mol. The highest BCUT2D eigenvalue weighted by atomic mass is 16.4. The zero-order valence-electron chi connectivity index (χ0n) is 10.4. The van der Waals surface area contributed by atoms with E-state index in [-0.39, 0.29) is 5.41 Å². The summed E-state index contributed by atoms with van der Waals surface area (Å²) in [5.74, 6) is 0. The molecule has 0 bridgehead atoms. The van der Waals surface area contributed by atoms with Crippen molar-refractivity contribution in [1.82, 2.24) is 9.88 Å². The first-order chi connectivity index (χ1) is 7.87. The molecule has 0 saturated heterocycles. The fraction of sp³-hybridized carbons (Fsp3) is 0.667. The zero-order chi connectivity index (χ0) is 12.7. The average Bonchev–Trinajstić information content (AvgIpc) is 2.82. The van der Waals surface area contributed by atoms with Crippen molar-refractivity contribution < 1.29 is 14.3 Å². The van der Waals surface area contributed by atoms with Crippen molar-refractivity contribution in [3.63, 3.8) is 0 Å². The van der Waals surface area contributed by atoms with E-state index in [9.17, 15) is 4.79 Å². The lowest BCUT2D eigenvalue weighted by Gasteiger charge is -2.36. The summed E-state index contributed by atoms with van der Waals surface area (Å²) in [4.78, 5) is 16.6. The Morgan fingerprint density at radius 2 is 2.29 bits per heavy atom. The molecule has 1 fully saturated rings. The maximum Gasteiger partial charge on any atom is 0.407 e. The summed E-state index contributed by atoms with van der Waals surface area (Å²) < 4.78 is 5.02. The zero-order valence-corrected chi connectivity index (χ0v) is 10.4. The molecule has 1 heterocycles. The van der Waals surface area contributed by atoms with Crippen LogP contribution in [0.5, 0.6) is 0 Å². The van der Waals surface area contributed by atoms with Gasteiger partial charge < -0.3 is 14.4 Å². The molecule has 0 aliphatic heterocycles. The van der Waals surface area contributed by atoms with Crippen molar-refractivity contribution in [2.45, 2.75) is 44.1 Å². The van der Waals surface area contributed by atoms with E-state index in [0.717, 1.165) is 25.0 Å². The maximum atomic E-state index is 11.0. The van der Waals surface area contributed by atoms with Crippen LogP contribution in [0.2, 0.25) is 0 Å². The van der Waals surface area contributed by atoms with E-state index in [1.807, 2.05) is 13.8 Å². The first-order valence-corrected chi connectivity index (χ1v) is 5.73. The van der Waals surface area contributed by atoms with Crippen LogP contribution in [-0.4, -0.2) is 33.7 Å². The minimum Gasteiger partial charge on any atom is -0.465 e. The summed E-state index contributed by atoms with van der Waals surface area (Å²) >= 11 is 0. The summed E-state index contributed by atoms with van der Waals surface area (Å²) in [6.45, 7) is 3.89. The third kappa shape index (κ3) is 2.14. The van der Waals surface area contributed by atoms with E-state index in [1.165, 1.54) is 11.3 Å². The predicted octanol–water partition coefficient (Wildman–Crippen LogP) is 2.48. The summed E-state index contributed by atoms with van der Waals surface area (Å²) in [6.07, 6.45) is 5.08. The van der Waals surface area contributed by atoms with Crippen LogP contribution >= 0.6 is 0 Å². The molecule has 2 rings (SSSR count).